The molecule has 0 aliphatic carbocycles. The largest absolute Gasteiger partial charge is 0.416 e. The quantitative estimate of drug-likeness (QED) is 0.0943. The molecule has 0 spiro atoms. The lowest BCUT2D eigenvalue weighted by molar-refractivity contribution is -0.143. The molecule has 1 aromatic carbocycles. The summed E-state index contributed by atoms with van der Waals surface area (Å²) >= 11 is 6.25. The molecule has 0 bridgehead atoms. The van der Waals surface area contributed by atoms with Gasteiger partial charge in [-0.05, 0) is 62.1 Å². The van der Waals surface area contributed by atoms with Crippen LogP contribution in [0.3, 0.4) is 0 Å². The Bertz CT molecular complexity index is 1170. The molecule has 0 aromatic heterocycles. The molecular formula is C28H32ClF6N3O. The van der Waals surface area contributed by atoms with E-state index in [9.17, 15) is 31.1 Å². The molecule has 0 fully saturated rings. The summed E-state index contributed by atoms with van der Waals surface area (Å²) in [6.45, 7) is 12.3. The molecule has 1 amide bonds. The number of halogens is 7. The first-order chi connectivity index (χ1) is 18.0. The maximum Gasteiger partial charge on any atom is 0.416 e. The number of hydrogen-bond donors (Lipinski definition) is 1. The summed E-state index contributed by atoms with van der Waals surface area (Å²) in [5, 5.41) is 5.77. The lowest BCUT2D eigenvalue weighted by Gasteiger charge is -2.20. The molecule has 1 unspecified atom stereocenters. The van der Waals surface area contributed by atoms with Crippen LogP contribution in [-0.2, 0) is 17.1 Å². The van der Waals surface area contributed by atoms with E-state index in [2.05, 4.69) is 11.7 Å². The van der Waals surface area contributed by atoms with Gasteiger partial charge in [-0.25, -0.2) is 5.01 Å². The van der Waals surface area contributed by atoms with Gasteiger partial charge in [0.1, 0.15) is 0 Å². The van der Waals surface area contributed by atoms with Gasteiger partial charge in [0.25, 0.3) is 5.91 Å². The third-order valence-electron chi connectivity index (χ3n) is 5.87. The van der Waals surface area contributed by atoms with E-state index in [0.29, 0.717) is 35.6 Å². The van der Waals surface area contributed by atoms with Gasteiger partial charge >= 0.3 is 12.4 Å². The SMILES string of the molecule is C=CN(/C=C(C(N)=O)/C(/C=C\C(Cl)=C(/C)CC)=C/C)/N=C(/c1cc(C(F)(F)F)cc(C(F)(F)F)c1)C(C)CC. The predicted molar refractivity (Wildman–Crippen MR) is 143 cm³/mol. The van der Waals surface area contributed by atoms with Gasteiger partial charge in [0, 0.05) is 23.4 Å². The van der Waals surface area contributed by atoms with Crippen molar-refractivity contribution in [3.63, 3.8) is 0 Å². The summed E-state index contributed by atoms with van der Waals surface area (Å²) in [6.07, 6.45) is -1.93. The maximum atomic E-state index is 13.5. The molecule has 1 aromatic rings. The lowest BCUT2D eigenvalue weighted by atomic mass is 9.93. The number of alkyl halides is 6. The minimum Gasteiger partial charge on any atom is -0.366 e. The van der Waals surface area contributed by atoms with Gasteiger partial charge in [0.2, 0.25) is 0 Å². The van der Waals surface area contributed by atoms with Gasteiger partial charge in [0.05, 0.1) is 22.4 Å². The Morgan fingerprint density at radius 3 is 2.03 bits per heavy atom. The van der Waals surface area contributed by atoms with E-state index in [4.69, 9.17) is 17.3 Å². The van der Waals surface area contributed by atoms with E-state index in [1.165, 1.54) is 6.20 Å². The van der Waals surface area contributed by atoms with Crippen molar-refractivity contribution in [1.82, 2.24) is 5.01 Å². The predicted octanol–water partition coefficient (Wildman–Crippen LogP) is 8.71. The number of carbonyl (C=O) groups is 1. The van der Waals surface area contributed by atoms with Gasteiger partial charge in [-0.15, -0.1) is 0 Å². The first kappa shape index (κ1) is 33.8. The van der Waals surface area contributed by atoms with Gasteiger partial charge in [-0.3, -0.25) is 4.79 Å². The van der Waals surface area contributed by atoms with Crippen molar-refractivity contribution in [2.24, 2.45) is 16.8 Å². The standard InChI is InChI=1S/C28H32ClF6N3O/c1-7-17(5)24(29)12-11-19(9-3)23(26(36)39)16-38(10-4)37-25(18(6)8-2)20-13-21(27(30,31)32)15-22(14-20)28(33,34)35/h9-16,18H,4,7-8H2,1-3,5-6H3,(H2,36,39)/b12-11-,19-9+,23-16-,24-17-,37-25+. The van der Waals surface area contributed by atoms with E-state index < -0.39 is 35.3 Å². The molecule has 1 rings (SSSR count). The highest BCUT2D eigenvalue weighted by Gasteiger charge is 2.37. The number of hydrogen-bond acceptors (Lipinski definition) is 3. The number of hydrazone groups is 1. The molecular weight excluding hydrogens is 544 g/mol. The number of carbonyl (C=O) groups excluding carboxylic acids is 1. The van der Waals surface area contributed by atoms with Crippen LogP contribution in [0.25, 0.3) is 0 Å². The molecule has 1 atom stereocenters. The van der Waals surface area contributed by atoms with Crippen molar-refractivity contribution in [2.75, 3.05) is 0 Å². The number of nitrogens with two attached hydrogens (primary N) is 1. The second kappa shape index (κ2) is 14.2. The smallest absolute Gasteiger partial charge is 0.366 e. The molecule has 0 aliphatic rings. The van der Waals surface area contributed by atoms with E-state index in [0.717, 1.165) is 16.8 Å². The van der Waals surface area contributed by atoms with Crippen molar-refractivity contribution < 1.29 is 31.1 Å². The summed E-state index contributed by atoms with van der Waals surface area (Å²) in [5.74, 6) is -1.42. The molecule has 0 heterocycles. The number of primary amides is 1. The summed E-state index contributed by atoms with van der Waals surface area (Å²) in [4.78, 5) is 12.3. The van der Waals surface area contributed by atoms with Crippen LogP contribution in [0, 0.1) is 5.92 Å². The molecule has 0 saturated carbocycles. The highest BCUT2D eigenvalue weighted by atomic mass is 35.5. The molecule has 39 heavy (non-hydrogen) atoms. The Kier molecular flexibility index (Phi) is 12.3. The van der Waals surface area contributed by atoms with Crippen LogP contribution in [0.2, 0.25) is 0 Å². The van der Waals surface area contributed by atoms with Gasteiger partial charge in [0.15, 0.2) is 0 Å². The Hall–Kier alpha value is -3.27. The van der Waals surface area contributed by atoms with Gasteiger partial charge in [-0.1, -0.05) is 56.7 Å². The first-order valence-electron chi connectivity index (χ1n) is 12.0. The molecule has 11 heteroatoms. The Balaban J connectivity index is 3.83. The normalized spacial score (nSPS) is 15.3. The number of benzene rings is 1. The Labute approximate surface area is 229 Å². The maximum absolute atomic E-state index is 13.5. The Morgan fingerprint density at radius 2 is 1.64 bits per heavy atom. The molecule has 214 valence electrons. The minimum atomic E-state index is -5.02. The molecule has 2 N–H and O–H groups in total. The topological polar surface area (TPSA) is 58.7 Å². The van der Waals surface area contributed by atoms with E-state index in [1.807, 2.05) is 13.8 Å². The molecule has 0 saturated heterocycles. The second-order valence-corrected chi connectivity index (χ2v) is 9.03. The van der Waals surface area contributed by atoms with Gasteiger partial charge in [-0.2, -0.15) is 31.4 Å². The average molecular weight is 576 g/mol. The third kappa shape index (κ3) is 9.76. The Morgan fingerprint density at radius 1 is 1.10 bits per heavy atom. The van der Waals surface area contributed by atoms with Crippen molar-refractivity contribution in [3.8, 4) is 0 Å². The molecule has 4 nitrogen and oxygen atoms in total. The van der Waals surface area contributed by atoms with E-state index in [-0.39, 0.29) is 22.9 Å². The van der Waals surface area contributed by atoms with Crippen molar-refractivity contribution in [1.29, 1.82) is 0 Å². The second-order valence-electron chi connectivity index (χ2n) is 8.62. The van der Waals surface area contributed by atoms with Crippen LogP contribution in [-0.4, -0.2) is 16.6 Å². The van der Waals surface area contributed by atoms with Crippen LogP contribution in [0.1, 0.15) is 64.2 Å². The number of allylic oxidation sites excluding steroid dienone is 5. The summed E-state index contributed by atoms with van der Waals surface area (Å²) < 4.78 is 80.9. The van der Waals surface area contributed by atoms with Crippen molar-refractivity contribution >= 4 is 23.2 Å². The van der Waals surface area contributed by atoms with Crippen LogP contribution in [0.5, 0.6) is 0 Å². The summed E-state index contributed by atoms with van der Waals surface area (Å²) in [6, 6.07) is 1.29. The zero-order valence-corrected chi connectivity index (χ0v) is 23.1. The first-order valence-corrected chi connectivity index (χ1v) is 12.4. The zero-order valence-electron chi connectivity index (χ0n) is 22.3. The number of amides is 1. The monoisotopic (exact) mass is 575 g/mol. The fourth-order valence-electron chi connectivity index (χ4n) is 3.21. The van der Waals surface area contributed by atoms with Gasteiger partial charge < -0.3 is 5.73 Å². The van der Waals surface area contributed by atoms with E-state index >= 15 is 0 Å². The minimum absolute atomic E-state index is 0.0421. The molecule has 0 aliphatic heterocycles. The highest BCUT2D eigenvalue weighted by Crippen LogP contribution is 2.37. The highest BCUT2D eigenvalue weighted by molar-refractivity contribution is 6.31. The number of nitrogens with zero attached hydrogens (tertiary/aromatic N) is 2. The zero-order chi connectivity index (χ0) is 30.1. The third-order valence-corrected chi connectivity index (χ3v) is 6.32. The average Bonchev–Trinajstić information content (AvgIpc) is 2.87. The van der Waals surface area contributed by atoms with Crippen LogP contribution in [0.15, 0.2) is 82.3 Å². The lowest BCUT2D eigenvalue weighted by Crippen LogP contribution is -2.21. The van der Waals surface area contributed by atoms with Crippen molar-refractivity contribution in [2.45, 2.75) is 59.8 Å². The summed E-state index contributed by atoms with van der Waals surface area (Å²) in [7, 11) is 0. The fraction of sp³-hybridized carbons (Fsp3) is 0.357. The van der Waals surface area contributed by atoms with E-state index in [1.54, 1.807) is 39.0 Å². The molecule has 0 radical (unpaired) electrons. The van der Waals surface area contributed by atoms with Crippen LogP contribution in [0.4, 0.5) is 26.3 Å². The summed E-state index contributed by atoms with van der Waals surface area (Å²) in [5.41, 5.74) is 3.44. The van der Waals surface area contributed by atoms with Crippen LogP contribution >= 0.6 is 11.6 Å². The fourth-order valence-corrected chi connectivity index (χ4v) is 3.41. The van der Waals surface area contributed by atoms with Crippen molar-refractivity contribution in [3.05, 3.63) is 93.8 Å². The van der Waals surface area contributed by atoms with Crippen LogP contribution < -0.4 is 5.73 Å². The number of rotatable bonds is 11.